The number of carboxylic acids is 1. The molecule has 0 aromatic carbocycles. The van der Waals surface area contributed by atoms with Gasteiger partial charge in [0.2, 0.25) is 0 Å². The predicted molar refractivity (Wildman–Crippen MR) is 78.8 cm³/mol. The molecule has 1 aromatic rings. The van der Waals surface area contributed by atoms with Crippen LogP contribution < -0.4 is 0 Å². The smallest absolute Gasteiger partial charge is 0.337 e. The summed E-state index contributed by atoms with van der Waals surface area (Å²) in [6.07, 6.45) is 9.08. The molecule has 1 aliphatic heterocycles. The molecule has 4 nitrogen and oxygen atoms in total. The Morgan fingerprint density at radius 1 is 1.19 bits per heavy atom. The molecule has 1 saturated carbocycles. The van der Waals surface area contributed by atoms with Gasteiger partial charge in [-0.25, -0.2) is 4.79 Å². The molecule has 0 spiro atoms. The number of allylic oxidation sites excluding steroid dienone is 2. The van der Waals surface area contributed by atoms with Crippen molar-refractivity contribution < 1.29 is 9.90 Å². The highest BCUT2D eigenvalue weighted by Crippen LogP contribution is 2.48. The van der Waals surface area contributed by atoms with Gasteiger partial charge in [0.1, 0.15) is 0 Å². The summed E-state index contributed by atoms with van der Waals surface area (Å²) in [5, 5.41) is 8.91. The lowest BCUT2D eigenvalue weighted by atomic mass is 9.64. The van der Waals surface area contributed by atoms with Gasteiger partial charge < -0.3 is 5.11 Å². The van der Waals surface area contributed by atoms with E-state index in [1.54, 1.807) is 6.07 Å². The molecule has 1 N–H and O–H groups in total. The summed E-state index contributed by atoms with van der Waals surface area (Å²) in [7, 11) is 0. The van der Waals surface area contributed by atoms with E-state index in [1.807, 2.05) is 6.07 Å². The Morgan fingerprint density at radius 2 is 1.86 bits per heavy atom. The Labute approximate surface area is 124 Å². The molecule has 4 aliphatic rings. The van der Waals surface area contributed by atoms with Crippen LogP contribution in [-0.4, -0.2) is 34.0 Å². The third kappa shape index (κ3) is 2.27. The Kier molecular flexibility index (Phi) is 3.07. The van der Waals surface area contributed by atoms with Crippen molar-refractivity contribution in [3.8, 4) is 0 Å². The van der Waals surface area contributed by atoms with Gasteiger partial charge in [-0.3, -0.25) is 9.88 Å². The van der Waals surface area contributed by atoms with E-state index >= 15 is 0 Å². The zero-order chi connectivity index (χ0) is 14.4. The highest BCUT2D eigenvalue weighted by Gasteiger charge is 2.45. The SMILES string of the molecule is O=C(O)c1ccc(CN2CC3C4C=CC(CC4)C3C2)nc1. The van der Waals surface area contributed by atoms with Crippen LogP contribution in [0.5, 0.6) is 0 Å². The van der Waals surface area contributed by atoms with E-state index in [0.717, 1.165) is 35.9 Å². The van der Waals surface area contributed by atoms with Crippen molar-refractivity contribution >= 4 is 5.97 Å². The van der Waals surface area contributed by atoms with Gasteiger partial charge in [0.05, 0.1) is 11.3 Å². The zero-order valence-corrected chi connectivity index (χ0v) is 12.0. The summed E-state index contributed by atoms with van der Waals surface area (Å²) in [5.41, 5.74) is 1.23. The minimum Gasteiger partial charge on any atom is -0.478 e. The highest BCUT2D eigenvalue weighted by atomic mass is 16.4. The summed E-state index contributed by atoms with van der Waals surface area (Å²) in [6.45, 7) is 3.17. The average molecular weight is 284 g/mol. The van der Waals surface area contributed by atoms with E-state index in [0.29, 0.717) is 0 Å². The molecule has 0 radical (unpaired) electrons. The Morgan fingerprint density at radius 3 is 2.33 bits per heavy atom. The lowest BCUT2D eigenvalue weighted by Crippen LogP contribution is -2.35. The van der Waals surface area contributed by atoms with Gasteiger partial charge in [-0.1, -0.05) is 12.2 Å². The average Bonchev–Trinajstić information content (AvgIpc) is 2.94. The largest absolute Gasteiger partial charge is 0.478 e. The third-order valence-corrected chi connectivity index (χ3v) is 5.48. The number of likely N-dealkylation sites (tertiary alicyclic amines) is 1. The standard InChI is InChI=1S/C17H20N2O2/c20-17(21)13-5-6-14(18-7-13)8-19-9-15-11-1-2-12(4-3-11)16(15)10-19/h1-2,5-7,11-12,15-16H,3-4,8-10H2,(H,20,21). The van der Waals surface area contributed by atoms with Crippen LogP contribution in [0.25, 0.3) is 0 Å². The molecule has 2 bridgehead atoms. The molecule has 4 heteroatoms. The first-order valence-electron chi connectivity index (χ1n) is 7.79. The molecular weight excluding hydrogens is 264 g/mol. The van der Waals surface area contributed by atoms with Crippen LogP contribution in [-0.2, 0) is 6.54 Å². The van der Waals surface area contributed by atoms with Crippen LogP contribution in [0, 0.1) is 23.7 Å². The summed E-state index contributed by atoms with van der Waals surface area (Å²) < 4.78 is 0. The number of aromatic carboxylic acids is 1. The minimum absolute atomic E-state index is 0.260. The summed E-state index contributed by atoms with van der Waals surface area (Å²) in [5.74, 6) is 2.31. The highest BCUT2D eigenvalue weighted by molar-refractivity contribution is 5.87. The molecular formula is C17H20N2O2. The molecule has 3 aliphatic carbocycles. The van der Waals surface area contributed by atoms with Crippen molar-refractivity contribution in [2.75, 3.05) is 13.1 Å². The molecule has 2 heterocycles. The molecule has 1 aromatic heterocycles. The Hall–Kier alpha value is -1.68. The fraction of sp³-hybridized carbons (Fsp3) is 0.529. The monoisotopic (exact) mass is 284 g/mol. The Balaban J connectivity index is 1.44. The zero-order valence-electron chi connectivity index (χ0n) is 12.0. The molecule has 5 rings (SSSR count). The van der Waals surface area contributed by atoms with E-state index in [1.165, 1.54) is 32.1 Å². The van der Waals surface area contributed by atoms with Gasteiger partial charge in [-0.15, -0.1) is 0 Å². The summed E-state index contributed by atoms with van der Waals surface area (Å²) in [6, 6.07) is 3.50. The van der Waals surface area contributed by atoms with Crippen LogP contribution in [0.1, 0.15) is 28.9 Å². The van der Waals surface area contributed by atoms with Crippen LogP contribution in [0.4, 0.5) is 0 Å². The lowest BCUT2D eigenvalue weighted by molar-refractivity contribution is 0.0696. The number of carbonyl (C=O) groups is 1. The van der Waals surface area contributed by atoms with Gasteiger partial charge in [0.15, 0.2) is 0 Å². The summed E-state index contributed by atoms with van der Waals surface area (Å²) in [4.78, 5) is 17.6. The first-order valence-corrected chi connectivity index (χ1v) is 7.79. The van der Waals surface area contributed by atoms with Gasteiger partial charge in [0, 0.05) is 25.8 Å². The van der Waals surface area contributed by atoms with E-state index in [-0.39, 0.29) is 5.56 Å². The van der Waals surface area contributed by atoms with Gasteiger partial charge in [-0.05, 0) is 48.6 Å². The van der Waals surface area contributed by atoms with Crippen molar-refractivity contribution in [3.63, 3.8) is 0 Å². The number of aromatic nitrogens is 1. The van der Waals surface area contributed by atoms with Crippen LogP contribution in [0.3, 0.4) is 0 Å². The summed E-state index contributed by atoms with van der Waals surface area (Å²) >= 11 is 0. The number of nitrogens with zero attached hydrogens (tertiary/aromatic N) is 2. The fourth-order valence-corrected chi connectivity index (χ4v) is 4.43. The quantitative estimate of drug-likeness (QED) is 0.866. The maximum Gasteiger partial charge on any atom is 0.337 e. The topological polar surface area (TPSA) is 53.4 Å². The maximum absolute atomic E-state index is 10.8. The second-order valence-electron chi connectivity index (χ2n) is 6.66. The second-order valence-corrected chi connectivity index (χ2v) is 6.66. The first kappa shape index (κ1) is 13.0. The number of hydrogen-bond acceptors (Lipinski definition) is 3. The molecule has 4 unspecified atom stereocenters. The van der Waals surface area contributed by atoms with E-state index in [2.05, 4.69) is 22.0 Å². The molecule has 4 atom stereocenters. The van der Waals surface area contributed by atoms with Crippen LogP contribution in [0.2, 0.25) is 0 Å². The van der Waals surface area contributed by atoms with Crippen molar-refractivity contribution in [2.45, 2.75) is 19.4 Å². The predicted octanol–water partition coefficient (Wildman–Crippen LogP) is 2.42. The number of hydrogen-bond donors (Lipinski definition) is 1. The normalized spacial score (nSPS) is 34.1. The van der Waals surface area contributed by atoms with E-state index in [4.69, 9.17) is 5.11 Å². The first-order chi connectivity index (χ1) is 10.2. The molecule has 110 valence electrons. The maximum atomic E-state index is 10.8. The van der Waals surface area contributed by atoms with Gasteiger partial charge in [0.25, 0.3) is 0 Å². The Bertz CT molecular complexity index is 559. The van der Waals surface area contributed by atoms with Crippen molar-refractivity contribution in [3.05, 3.63) is 41.7 Å². The van der Waals surface area contributed by atoms with E-state index in [9.17, 15) is 4.79 Å². The third-order valence-electron chi connectivity index (χ3n) is 5.48. The van der Waals surface area contributed by atoms with Crippen LogP contribution in [0.15, 0.2) is 30.5 Å². The van der Waals surface area contributed by atoms with Crippen molar-refractivity contribution in [1.82, 2.24) is 9.88 Å². The number of carboxylic acid groups (broad SMARTS) is 1. The van der Waals surface area contributed by atoms with E-state index < -0.39 is 5.97 Å². The molecule has 1 saturated heterocycles. The number of fused-ring (bicyclic) bond motifs is 1. The molecule has 2 fully saturated rings. The minimum atomic E-state index is -0.913. The fourth-order valence-electron chi connectivity index (χ4n) is 4.43. The van der Waals surface area contributed by atoms with Gasteiger partial charge >= 0.3 is 5.97 Å². The molecule has 0 amide bonds. The number of pyridine rings is 1. The van der Waals surface area contributed by atoms with Gasteiger partial charge in [-0.2, -0.15) is 0 Å². The van der Waals surface area contributed by atoms with Crippen molar-refractivity contribution in [1.29, 1.82) is 0 Å². The van der Waals surface area contributed by atoms with Crippen molar-refractivity contribution in [2.24, 2.45) is 23.7 Å². The lowest BCUT2D eigenvalue weighted by Gasteiger charge is -2.40. The van der Waals surface area contributed by atoms with Crippen LogP contribution >= 0.6 is 0 Å². The number of rotatable bonds is 3. The molecule has 21 heavy (non-hydrogen) atoms. The second kappa shape index (κ2) is 4.95.